The van der Waals surface area contributed by atoms with Gasteiger partial charge in [0.1, 0.15) is 12.4 Å². The molecule has 1 aromatic heterocycles. The Bertz CT molecular complexity index is 546. The maximum atomic E-state index is 5.43. The Kier molecular flexibility index (Phi) is 6.14. The average Bonchev–Trinajstić information content (AvgIpc) is 2.51. The number of hydrogen-bond donors (Lipinski definition) is 1. The minimum Gasteiger partial charge on any atom is -0.374 e. The van der Waals surface area contributed by atoms with E-state index < -0.39 is 0 Å². The second kappa shape index (κ2) is 8.10. The summed E-state index contributed by atoms with van der Waals surface area (Å²) in [6.07, 6.45) is 1.05. The first-order valence-electron chi connectivity index (χ1n) is 7.18. The van der Waals surface area contributed by atoms with E-state index in [1.165, 1.54) is 0 Å². The van der Waals surface area contributed by atoms with Crippen LogP contribution in [0.4, 0.5) is 5.82 Å². The second-order valence-corrected chi connectivity index (χ2v) is 5.54. The Morgan fingerprint density at radius 3 is 2.57 bits per heavy atom. The van der Waals surface area contributed by atoms with Crippen molar-refractivity contribution in [3.63, 3.8) is 0 Å². The second-order valence-electron chi connectivity index (χ2n) is 4.63. The van der Waals surface area contributed by atoms with Crippen molar-refractivity contribution in [3.05, 3.63) is 40.6 Å². The SMILES string of the molecule is CCCNc1cc(-c2ccc(Br)cc2)nc(COCC)n1. The number of rotatable bonds is 7. The third kappa shape index (κ3) is 4.79. The summed E-state index contributed by atoms with van der Waals surface area (Å²) in [7, 11) is 0. The van der Waals surface area contributed by atoms with Gasteiger partial charge in [-0.05, 0) is 25.5 Å². The Labute approximate surface area is 134 Å². The van der Waals surface area contributed by atoms with Crippen molar-refractivity contribution >= 4 is 21.7 Å². The quantitative estimate of drug-likeness (QED) is 0.810. The van der Waals surface area contributed by atoms with Crippen molar-refractivity contribution in [1.29, 1.82) is 0 Å². The van der Waals surface area contributed by atoms with Gasteiger partial charge in [0.05, 0.1) is 5.69 Å². The topological polar surface area (TPSA) is 47.0 Å². The van der Waals surface area contributed by atoms with Crippen LogP contribution in [0, 0.1) is 0 Å². The monoisotopic (exact) mass is 349 g/mol. The molecule has 0 unspecified atom stereocenters. The molecule has 21 heavy (non-hydrogen) atoms. The highest BCUT2D eigenvalue weighted by molar-refractivity contribution is 9.10. The van der Waals surface area contributed by atoms with Crippen LogP contribution in [-0.2, 0) is 11.3 Å². The van der Waals surface area contributed by atoms with Crippen LogP contribution in [0.15, 0.2) is 34.8 Å². The van der Waals surface area contributed by atoms with E-state index in [1.807, 2.05) is 37.3 Å². The highest BCUT2D eigenvalue weighted by Gasteiger charge is 2.07. The zero-order valence-corrected chi connectivity index (χ0v) is 14.0. The van der Waals surface area contributed by atoms with Gasteiger partial charge in [-0.25, -0.2) is 9.97 Å². The van der Waals surface area contributed by atoms with Gasteiger partial charge in [-0.1, -0.05) is 35.0 Å². The van der Waals surface area contributed by atoms with Crippen LogP contribution in [0.1, 0.15) is 26.1 Å². The number of ether oxygens (including phenoxy) is 1. The molecular formula is C16H20BrN3O. The first-order valence-corrected chi connectivity index (χ1v) is 7.97. The van der Waals surface area contributed by atoms with Crippen molar-refractivity contribution in [2.75, 3.05) is 18.5 Å². The number of nitrogens with zero attached hydrogens (tertiary/aromatic N) is 2. The average molecular weight is 350 g/mol. The molecule has 0 aliphatic heterocycles. The Morgan fingerprint density at radius 1 is 1.14 bits per heavy atom. The van der Waals surface area contributed by atoms with Gasteiger partial charge in [0.15, 0.2) is 5.82 Å². The number of halogens is 1. The Balaban J connectivity index is 2.31. The van der Waals surface area contributed by atoms with Crippen molar-refractivity contribution in [1.82, 2.24) is 9.97 Å². The molecule has 112 valence electrons. The number of benzene rings is 1. The van der Waals surface area contributed by atoms with Crippen LogP contribution in [0.25, 0.3) is 11.3 Å². The molecule has 0 aliphatic rings. The molecule has 4 nitrogen and oxygen atoms in total. The van der Waals surface area contributed by atoms with Gasteiger partial charge in [0.25, 0.3) is 0 Å². The summed E-state index contributed by atoms with van der Waals surface area (Å²) in [5, 5.41) is 3.32. The van der Waals surface area contributed by atoms with Crippen LogP contribution in [0.2, 0.25) is 0 Å². The van der Waals surface area contributed by atoms with Gasteiger partial charge in [-0.15, -0.1) is 0 Å². The largest absolute Gasteiger partial charge is 0.374 e. The molecule has 5 heteroatoms. The van der Waals surface area contributed by atoms with Crippen LogP contribution in [0.3, 0.4) is 0 Å². The van der Waals surface area contributed by atoms with Crippen LogP contribution in [-0.4, -0.2) is 23.1 Å². The molecule has 1 aromatic carbocycles. The third-order valence-corrected chi connectivity index (χ3v) is 3.43. The number of nitrogens with one attached hydrogen (secondary N) is 1. The van der Waals surface area contributed by atoms with E-state index >= 15 is 0 Å². The molecular weight excluding hydrogens is 330 g/mol. The summed E-state index contributed by atoms with van der Waals surface area (Å²) in [4.78, 5) is 9.08. The Morgan fingerprint density at radius 2 is 1.90 bits per heavy atom. The summed E-state index contributed by atoms with van der Waals surface area (Å²) >= 11 is 3.45. The first-order chi connectivity index (χ1) is 10.2. The molecule has 0 bridgehead atoms. The summed E-state index contributed by atoms with van der Waals surface area (Å²) in [5.41, 5.74) is 1.98. The van der Waals surface area contributed by atoms with E-state index in [2.05, 4.69) is 38.1 Å². The van der Waals surface area contributed by atoms with Gasteiger partial charge >= 0.3 is 0 Å². The minimum absolute atomic E-state index is 0.432. The molecule has 0 atom stereocenters. The third-order valence-electron chi connectivity index (χ3n) is 2.90. The minimum atomic E-state index is 0.432. The lowest BCUT2D eigenvalue weighted by Gasteiger charge is -2.10. The van der Waals surface area contributed by atoms with Gasteiger partial charge in [0, 0.05) is 29.3 Å². The fourth-order valence-electron chi connectivity index (χ4n) is 1.87. The lowest BCUT2D eigenvalue weighted by atomic mass is 10.1. The summed E-state index contributed by atoms with van der Waals surface area (Å²) in [5.74, 6) is 1.55. The van der Waals surface area contributed by atoms with E-state index in [1.54, 1.807) is 0 Å². The molecule has 0 amide bonds. The van der Waals surface area contributed by atoms with E-state index in [0.29, 0.717) is 19.0 Å². The molecule has 0 radical (unpaired) electrons. The van der Waals surface area contributed by atoms with E-state index in [9.17, 15) is 0 Å². The van der Waals surface area contributed by atoms with Crippen LogP contribution in [0.5, 0.6) is 0 Å². The maximum absolute atomic E-state index is 5.43. The summed E-state index contributed by atoms with van der Waals surface area (Å²) < 4.78 is 6.48. The van der Waals surface area contributed by atoms with E-state index in [4.69, 9.17) is 4.74 Å². The molecule has 0 spiro atoms. The smallest absolute Gasteiger partial charge is 0.157 e. The van der Waals surface area contributed by atoms with Crippen molar-refractivity contribution in [3.8, 4) is 11.3 Å². The lowest BCUT2D eigenvalue weighted by molar-refractivity contribution is 0.128. The predicted octanol–water partition coefficient (Wildman–Crippen LogP) is 4.26. The molecule has 2 aromatic rings. The summed E-state index contributed by atoms with van der Waals surface area (Å²) in [6, 6.07) is 10.1. The standard InChI is InChI=1S/C16H20BrN3O/c1-3-9-18-15-10-14(12-5-7-13(17)8-6-12)19-16(20-15)11-21-4-2/h5-8,10H,3-4,9,11H2,1-2H3,(H,18,19,20). The fourth-order valence-corrected chi connectivity index (χ4v) is 2.13. The predicted molar refractivity (Wildman–Crippen MR) is 89.3 cm³/mol. The maximum Gasteiger partial charge on any atom is 0.157 e. The molecule has 1 N–H and O–H groups in total. The van der Waals surface area contributed by atoms with Gasteiger partial charge in [-0.2, -0.15) is 0 Å². The van der Waals surface area contributed by atoms with Gasteiger partial charge in [0.2, 0.25) is 0 Å². The van der Waals surface area contributed by atoms with Gasteiger partial charge < -0.3 is 10.1 Å². The summed E-state index contributed by atoms with van der Waals surface area (Å²) in [6.45, 7) is 6.08. The normalized spacial score (nSPS) is 10.6. The van der Waals surface area contributed by atoms with Crippen molar-refractivity contribution in [2.24, 2.45) is 0 Å². The zero-order valence-electron chi connectivity index (χ0n) is 12.4. The highest BCUT2D eigenvalue weighted by Crippen LogP contribution is 2.22. The Hall–Kier alpha value is -1.46. The van der Waals surface area contributed by atoms with Crippen LogP contribution >= 0.6 is 15.9 Å². The number of hydrogen-bond acceptors (Lipinski definition) is 4. The zero-order chi connectivity index (χ0) is 15.1. The van der Waals surface area contributed by atoms with Crippen molar-refractivity contribution < 1.29 is 4.74 Å². The van der Waals surface area contributed by atoms with Crippen molar-refractivity contribution in [2.45, 2.75) is 26.9 Å². The molecule has 0 saturated carbocycles. The fraction of sp³-hybridized carbons (Fsp3) is 0.375. The van der Waals surface area contributed by atoms with Gasteiger partial charge in [-0.3, -0.25) is 0 Å². The molecule has 0 aliphatic carbocycles. The van der Waals surface area contributed by atoms with Crippen LogP contribution < -0.4 is 5.32 Å². The lowest BCUT2D eigenvalue weighted by Crippen LogP contribution is -2.07. The molecule has 2 rings (SSSR count). The first kappa shape index (κ1) is 15.9. The van der Waals surface area contributed by atoms with E-state index in [0.717, 1.165) is 34.5 Å². The molecule has 0 saturated heterocycles. The molecule has 1 heterocycles. The van der Waals surface area contributed by atoms with E-state index in [-0.39, 0.29) is 0 Å². The number of aromatic nitrogens is 2. The molecule has 0 fully saturated rings. The highest BCUT2D eigenvalue weighted by atomic mass is 79.9. The number of anilines is 1.